The lowest BCUT2D eigenvalue weighted by molar-refractivity contribution is -0.156. The molecule has 0 aliphatic heterocycles. The van der Waals surface area contributed by atoms with Crippen LogP contribution in [0.3, 0.4) is 0 Å². The summed E-state index contributed by atoms with van der Waals surface area (Å²) in [6.45, 7) is 11.0. The first kappa shape index (κ1) is 37.3. The van der Waals surface area contributed by atoms with Crippen molar-refractivity contribution in [1.29, 1.82) is 0 Å². The second-order valence-electron chi connectivity index (χ2n) is 11.5. The van der Waals surface area contributed by atoms with E-state index in [4.69, 9.17) is 0 Å². The van der Waals surface area contributed by atoms with E-state index in [-0.39, 0.29) is 34.1 Å². The van der Waals surface area contributed by atoms with E-state index in [0.29, 0.717) is 0 Å². The minimum absolute atomic E-state index is 0.234. The van der Waals surface area contributed by atoms with Gasteiger partial charge in [-0.15, -0.1) is 0 Å². The van der Waals surface area contributed by atoms with Crippen LogP contribution < -0.4 is 10.6 Å². The molecular formula is C32H42N2O10. The third-order valence-corrected chi connectivity index (χ3v) is 5.76. The zero-order chi connectivity index (χ0) is 33.8. The molecule has 12 heteroatoms. The molecule has 2 aromatic rings. The molecule has 0 aliphatic rings. The van der Waals surface area contributed by atoms with Crippen LogP contribution in [0.5, 0.6) is 0 Å². The molecule has 0 aliphatic carbocycles. The number of carbonyl (C=O) groups excluding carboxylic acids is 6. The zero-order valence-corrected chi connectivity index (χ0v) is 26.9. The molecule has 2 aromatic carbocycles. The molecule has 0 aromatic heterocycles. The van der Waals surface area contributed by atoms with Crippen LogP contribution in [-0.2, 0) is 38.1 Å². The van der Waals surface area contributed by atoms with E-state index in [2.05, 4.69) is 29.6 Å². The number of nitrogens with one attached hydrogen (secondary N) is 2. The van der Waals surface area contributed by atoms with Crippen molar-refractivity contribution < 1.29 is 47.7 Å². The smallest absolute Gasteiger partial charge is 0.324 e. The van der Waals surface area contributed by atoms with Crippen molar-refractivity contribution in [1.82, 2.24) is 10.6 Å². The zero-order valence-electron chi connectivity index (χ0n) is 26.9. The summed E-state index contributed by atoms with van der Waals surface area (Å²) < 4.78 is 18.6. The Kier molecular flexibility index (Phi) is 13.7. The summed E-state index contributed by atoms with van der Waals surface area (Å²) in [5, 5.41) is 5.60. The number of hydrogen-bond acceptors (Lipinski definition) is 10. The van der Waals surface area contributed by atoms with E-state index < -0.39 is 46.8 Å². The van der Waals surface area contributed by atoms with Crippen LogP contribution in [-0.4, -0.2) is 75.2 Å². The Balaban J connectivity index is 0.000000440. The summed E-state index contributed by atoms with van der Waals surface area (Å²) in [6, 6.07) is 12.8. The lowest BCUT2D eigenvalue weighted by Crippen LogP contribution is -2.41. The molecule has 0 fully saturated rings. The van der Waals surface area contributed by atoms with Crippen molar-refractivity contribution in [2.75, 3.05) is 28.4 Å². The molecule has 0 atom stereocenters. The van der Waals surface area contributed by atoms with Crippen LogP contribution in [0, 0.1) is 0 Å². The minimum Gasteiger partial charge on any atom is -0.468 e. The first-order valence-electron chi connectivity index (χ1n) is 13.6. The Bertz CT molecular complexity index is 1220. The standard InChI is InChI=1S/2C16H21NO5/c2*1-16(2,3)17-13(18)11-9-7-6-8-10(11)12(14(19)21-4)15(20)22-5/h2*6-9,12H,1-5H3,(H,17,18). The summed E-state index contributed by atoms with van der Waals surface area (Å²) in [4.78, 5) is 72.5. The second-order valence-corrected chi connectivity index (χ2v) is 11.5. The molecule has 0 heterocycles. The summed E-state index contributed by atoms with van der Waals surface area (Å²) in [6.07, 6.45) is 0. The van der Waals surface area contributed by atoms with Crippen molar-refractivity contribution in [2.24, 2.45) is 0 Å². The van der Waals surface area contributed by atoms with Crippen LogP contribution in [0.15, 0.2) is 48.5 Å². The molecule has 0 radical (unpaired) electrons. The van der Waals surface area contributed by atoms with Crippen molar-refractivity contribution in [3.63, 3.8) is 0 Å². The molecule has 0 saturated heterocycles. The number of methoxy groups -OCH3 is 4. The first-order chi connectivity index (χ1) is 20.4. The van der Waals surface area contributed by atoms with Crippen LogP contribution >= 0.6 is 0 Å². The highest BCUT2D eigenvalue weighted by Crippen LogP contribution is 2.25. The molecule has 240 valence electrons. The number of rotatable bonds is 8. The molecule has 2 N–H and O–H groups in total. The van der Waals surface area contributed by atoms with Gasteiger partial charge in [-0.25, -0.2) is 0 Å². The van der Waals surface area contributed by atoms with Gasteiger partial charge in [0.05, 0.1) is 28.4 Å². The highest BCUT2D eigenvalue weighted by Gasteiger charge is 2.35. The molecule has 0 unspecified atom stereocenters. The van der Waals surface area contributed by atoms with E-state index in [1.54, 1.807) is 36.4 Å². The molecule has 44 heavy (non-hydrogen) atoms. The quantitative estimate of drug-likeness (QED) is 0.256. The van der Waals surface area contributed by atoms with Gasteiger partial charge < -0.3 is 29.6 Å². The Morgan fingerprint density at radius 1 is 0.500 bits per heavy atom. The van der Waals surface area contributed by atoms with E-state index in [0.717, 1.165) is 0 Å². The van der Waals surface area contributed by atoms with Gasteiger partial charge in [0.15, 0.2) is 11.8 Å². The van der Waals surface area contributed by atoms with Gasteiger partial charge in [-0.2, -0.15) is 0 Å². The van der Waals surface area contributed by atoms with E-state index in [1.165, 1.54) is 40.6 Å². The van der Waals surface area contributed by atoms with Gasteiger partial charge in [0.2, 0.25) is 0 Å². The van der Waals surface area contributed by atoms with Crippen LogP contribution in [0.4, 0.5) is 0 Å². The van der Waals surface area contributed by atoms with Crippen molar-refractivity contribution in [3.05, 3.63) is 70.8 Å². The first-order valence-corrected chi connectivity index (χ1v) is 13.6. The summed E-state index contributed by atoms with van der Waals surface area (Å²) in [7, 11) is 4.71. The van der Waals surface area contributed by atoms with Crippen molar-refractivity contribution >= 4 is 35.7 Å². The number of esters is 4. The van der Waals surface area contributed by atoms with Crippen molar-refractivity contribution in [2.45, 2.75) is 64.5 Å². The number of benzene rings is 2. The minimum atomic E-state index is -1.29. The fourth-order valence-corrected chi connectivity index (χ4v) is 3.90. The Hall–Kier alpha value is -4.74. The lowest BCUT2D eigenvalue weighted by Gasteiger charge is -2.22. The van der Waals surface area contributed by atoms with Gasteiger partial charge in [0.1, 0.15) is 0 Å². The maximum Gasteiger partial charge on any atom is 0.324 e. The summed E-state index contributed by atoms with van der Waals surface area (Å²) >= 11 is 0. The topological polar surface area (TPSA) is 163 Å². The average molecular weight is 615 g/mol. The highest BCUT2D eigenvalue weighted by atomic mass is 16.5. The van der Waals surface area contributed by atoms with E-state index >= 15 is 0 Å². The van der Waals surface area contributed by atoms with Gasteiger partial charge >= 0.3 is 23.9 Å². The Morgan fingerprint density at radius 2 is 0.750 bits per heavy atom. The van der Waals surface area contributed by atoms with Crippen molar-refractivity contribution in [3.8, 4) is 0 Å². The van der Waals surface area contributed by atoms with Gasteiger partial charge in [-0.05, 0) is 64.8 Å². The lowest BCUT2D eigenvalue weighted by atomic mass is 9.93. The normalized spacial score (nSPS) is 11.0. The van der Waals surface area contributed by atoms with Gasteiger partial charge in [-0.1, -0.05) is 36.4 Å². The Morgan fingerprint density at radius 3 is 0.977 bits per heavy atom. The molecule has 2 rings (SSSR count). The Labute approximate surface area is 257 Å². The highest BCUT2D eigenvalue weighted by molar-refractivity contribution is 6.06. The predicted molar refractivity (Wildman–Crippen MR) is 161 cm³/mol. The molecule has 0 spiro atoms. The predicted octanol–water partition coefficient (Wildman–Crippen LogP) is 3.29. The van der Waals surface area contributed by atoms with Gasteiger partial charge in [0, 0.05) is 22.2 Å². The third kappa shape index (κ3) is 10.8. The fourth-order valence-electron chi connectivity index (χ4n) is 3.90. The molecule has 12 nitrogen and oxygen atoms in total. The monoisotopic (exact) mass is 614 g/mol. The maximum atomic E-state index is 12.4. The molecule has 0 saturated carbocycles. The number of hydrogen-bond donors (Lipinski definition) is 2. The van der Waals surface area contributed by atoms with Crippen LogP contribution in [0.25, 0.3) is 0 Å². The van der Waals surface area contributed by atoms with Crippen LogP contribution in [0.2, 0.25) is 0 Å². The van der Waals surface area contributed by atoms with Crippen LogP contribution in [0.1, 0.15) is 85.2 Å². The number of amides is 2. The molecule has 0 bridgehead atoms. The van der Waals surface area contributed by atoms with E-state index in [9.17, 15) is 28.8 Å². The largest absolute Gasteiger partial charge is 0.468 e. The number of carbonyl (C=O) groups is 6. The second kappa shape index (κ2) is 16.2. The van der Waals surface area contributed by atoms with Gasteiger partial charge in [-0.3, -0.25) is 28.8 Å². The number of ether oxygens (including phenoxy) is 4. The summed E-state index contributed by atoms with van der Waals surface area (Å²) in [5.74, 6) is -6.44. The summed E-state index contributed by atoms with van der Waals surface area (Å²) in [5.41, 5.74) is 0.0780. The molecular weight excluding hydrogens is 572 g/mol. The van der Waals surface area contributed by atoms with E-state index in [1.807, 2.05) is 41.5 Å². The average Bonchev–Trinajstić information content (AvgIpc) is 2.95. The SMILES string of the molecule is COC(=O)C(C(=O)OC)c1ccccc1C(=O)NC(C)(C)C.COC(=O)C(C(=O)OC)c1ccccc1C(=O)NC(C)(C)C. The molecule has 2 amide bonds. The maximum absolute atomic E-state index is 12.4. The fraction of sp³-hybridized carbons (Fsp3) is 0.438. The van der Waals surface area contributed by atoms with Gasteiger partial charge in [0.25, 0.3) is 11.8 Å². The third-order valence-electron chi connectivity index (χ3n) is 5.76.